The molecule has 1 unspecified atom stereocenters. The molecule has 12 heteroatoms. The number of carboxylic acids is 1. The third-order valence-corrected chi connectivity index (χ3v) is 6.32. The van der Waals surface area contributed by atoms with Crippen molar-refractivity contribution >= 4 is 29.6 Å². The van der Waals surface area contributed by atoms with E-state index < -0.39 is 29.9 Å². The maximum atomic E-state index is 13.0. The number of nitrogens with one attached hydrogen (secondary N) is 1. The van der Waals surface area contributed by atoms with Crippen LogP contribution in [0.15, 0.2) is 24.4 Å². The molecule has 2 aromatic rings. The quantitative estimate of drug-likeness (QED) is 0.600. The molecule has 5 rings (SSSR count). The maximum Gasteiger partial charge on any atom is 0.326 e. The van der Waals surface area contributed by atoms with Crippen LogP contribution < -0.4 is 5.32 Å². The van der Waals surface area contributed by atoms with Crippen molar-refractivity contribution in [3.8, 4) is 5.69 Å². The van der Waals surface area contributed by atoms with Crippen molar-refractivity contribution in [3.63, 3.8) is 0 Å². The van der Waals surface area contributed by atoms with E-state index in [4.69, 9.17) is 0 Å². The number of imide groups is 1. The van der Waals surface area contributed by atoms with Gasteiger partial charge in [0, 0.05) is 30.6 Å². The third kappa shape index (κ3) is 3.43. The van der Waals surface area contributed by atoms with Crippen LogP contribution in [-0.4, -0.2) is 78.1 Å². The SMILES string of the molecule is O=C1CCC(N2Cc3c(cccc3-n3cc(C(=O)N4CCC[C@H]4C(=O)O)nn3)C2=O)C(=O)N1. The lowest BCUT2D eigenvalue weighted by Gasteiger charge is -2.29. The van der Waals surface area contributed by atoms with E-state index in [-0.39, 0.29) is 36.9 Å². The third-order valence-electron chi connectivity index (χ3n) is 6.32. The summed E-state index contributed by atoms with van der Waals surface area (Å²) in [6, 6.07) is 3.41. The molecule has 2 atom stereocenters. The molecular weight excluding hydrogens is 432 g/mol. The highest BCUT2D eigenvalue weighted by molar-refractivity contribution is 6.05. The van der Waals surface area contributed by atoms with E-state index in [1.54, 1.807) is 18.2 Å². The fourth-order valence-electron chi connectivity index (χ4n) is 4.68. The standard InChI is InChI=1S/C21H20N6O6/c28-17-7-6-15(18(29)22-17)26-9-12-11(19(26)30)3-1-4-14(12)27-10-13(23-24-27)20(31)25-8-2-5-16(25)21(32)33/h1,3-4,10,15-16H,2,5-9H2,(H,32,33)(H,22,28,29)/t15?,16-/m0/s1. The molecule has 2 N–H and O–H groups in total. The second kappa shape index (κ2) is 7.80. The molecule has 170 valence electrons. The van der Waals surface area contributed by atoms with Gasteiger partial charge in [-0.25, -0.2) is 9.48 Å². The first-order chi connectivity index (χ1) is 15.8. The fourth-order valence-corrected chi connectivity index (χ4v) is 4.68. The monoisotopic (exact) mass is 452 g/mol. The highest BCUT2D eigenvalue weighted by atomic mass is 16.4. The Hall–Kier alpha value is -4.09. The number of likely N-dealkylation sites (tertiary alicyclic amines) is 1. The zero-order chi connectivity index (χ0) is 23.3. The van der Waals surface area contributed by atoms with Gasteiger partial charge in [0.2, 0.25) is 11.8 Å². The molecule has 2 fully saturated rings. The van der Waals surface area contributed by atoms with Crippen LogP contribution in [0.5, 0.6) is 0 Å². The molecule has 0 aliphatic carbocycles. The van der Waals surface area contributed by atoms with Crippen molar-refractivity contribution in [2.45, 2.75) is 44.3 Å². The number of hydrogen-bond acceptors (Lipinski definition) is 7. The van der Waals surface area contributed by atoms with E-state index in [0.717, 1.165) is 0 Å². The summed E-state index contributed by atoms with van der Waals surface area (Å²) in [7, 11) is 0. The molecule has 3 aliphatic rings. The molecule has 4 heterocycles. The molecular formula is C21H20N6O6. The summed E-state index contributed by atoms with van der Waals surface area (Å²) in [5.41, 5.74) is 1.57. The molecule has 0 radical (unpaired) electrons. The van der Waals surface area contributed by atoms with Gasteiger partial charge >= 0.3 is 5.97 Å². The molecule has 0 spiro atoms. The number of hydrogen-bond donors (Lipinski definition) is 2. The number of rotatable bonds is 4. The second-order valence-corrected chi connectivity index (χ2v) is 8.25. The molecule has 3 aliphatic heterocycles. The van der Waals surface area contributed by atoms with Crippen LogP contribution in [0.3, 0.4) is 0 Å². The molecule has 33 heavy (non-hydrogen) atoms. The molecule has 0 bridgehead atoms. The van der Waals surface area contributed by atoms with Crippen molar-refractivity contribution in [1.82, 2.24) is 30.1 Å². The smallest absolute Gasteiger partial charge is 0.326 e. The predicted octanol–water partition coefficient (Wildman–Crippen LogP) is -0.282. The van der Waals surface area contributed by atoms with Gasteiger partial charge in [-0.1, -0.05) is 11.3 Å². The van der Waals surface area contributed by atoms with Crippen LogP contribution in [0.25, 0.3) is 5.69 Å². The number of nitrogens with zero attached hydrogens (tertiary/aromatic N) is 5. The minimum atomic E-state index is -1.05. The van der Waals surface area contributed by atoms with Gasteiger partial charge in [-0.15, -0.1) is 5.10 Å². The molecule has 1 aromatic heterocycles. The van der Waals surface area contributed by atoms with Crippen LogP contribution in [0.4, 0.5) is 0 Å². The Morgan fingerprint density at radius 3 is 2.73 bits per heavy atom. The topological polar surface area (TPSA) is 155 Å². The van der Waals surface area contributed by atoms with Gasteiger partial charge in [-0.05, 0) is 31.4 Å². The van der Waals surface area contributed by atoms with Gasteiger partial charge in [-0.2, -0.15) is 0 Å². The molecule has 12 nitrogen and oxygen atoms in total. The van der Waals surface area contributed by atoms with Gasteiger partial charge in [0.15, 0.2) is 5.69 Å². The predicted molar refractivity (Wildman–Crippen MR) is 109 cm³/mol. The van der Waals surface area contributed by atoms with Crippen LogP contribution in [-0.2, 0) is 20.9 Å². The number of amides is 4. The number of piperidine rings is 1. The summed E-state index contributed by atoms with van der Waals surface area (Å²) in [4.78, 5) is 63.7. The Labute approximate surface area is 187 Å². The van der Waals surface area contributed by atoms with E-state index in [1.165, 1.54) is 20.7 Å². The highest BCUT2D eigenvalue weighted by Gasteiger charge is 2.40. The zero-order valence-electron chi connectivity index (χ0n) is 17.4. The summed E-state index contributed by atoms with van der Waals surface area (Å²) in [5.74, 6) is -2.74. The number of fused-ring (bicyclic) bond motifs is 1. The first-order valence-corrected chi connectivity index (χ1v) is 10.6. The fraction of sp³-hybridized carbons (Fsp3) is 0.381. The Bertz CT molecular complexity index is 1210. The highest BCUT2D eigenvalue weighted by Crippen LogP contribution is 2.31. The van der Waals surface area contributed by atoms with Crippen molar-refractivity contribution in [2.75, 3.05) is 6.54 Å². The van der Waals surface area contributed by atoms with Crippen LogP contribution in [0.1, 0.15) is 52.1 Å². The first-order valence-electron chi connectivity index (χ1n) is 10.6. The van der Waals surface area contributed by atoms with Gasteiger partial charge in [0.25, 0.3) is 11.8 Å². The van der Waals surface area contributed by atoms with Gasteiger partial charge in [-0.3, -0.25) is 24.5 Å². The first kappa shape index (κ1) is 20.8. The average Bonchev–Trinajstić information content (AvgIpc) is 3.52. The number of carbonyl (C=O) groups is 5. The second-order valence-electron chi connectivity index (χ2n) is 8.25. The average molecular weight is 452 g/mol. The summed E-state index contributed by atoms with van der Waals surface area (Å²) in [6.45, 7) is 0.478. The van der Waals surface area contributed by atoms with Crippen LogP contribution >= 0.6 is 0 Å². The number of benzene rings is 1. The largest absolute Gasteiger partial charge is 0.480 e. The Kier molecular flexibility index (Phi) is 4.91. The van der Waals surface area contributed by atoms with Crippen LogP contribution in [0, 0.1) is 0 Å². The van der Waals surface area contributed by atoms with Crippen molar-refractivity contribution < 1.29 is 29.1 Å². The minimum Gasteiger partial charge on any atom is -0.480 e. The minimum absolute atomic E-state index is 0.00658. The molecule has 1 aromatic carbocycles. The van der Waals surface area contributed by atoms with E-state index in [0.29, 0.717) is 36.2 Å². The van der Waals surface area contributed by atoms with E-state index in [9.17, 15) is 29.1 Å². The van der Waals surface area contributed by atoms with Crippen LogP contribution in [0.2, 0.25) is 0 Å². The van der Waals surface area contributed by atoms with Gasteiger partial charge in [0.1, 0.15) is 12.1 Å². The molecule has 0 saturated carbocycles. The number of carbonyl (C=O) groups excluding carboxylic acids is 4. The van der Waals surface area contributed by atoms with E-state index >= 15 is 0 Å². The lowest BCUT2D eigenvalue weighted by atomic mass is 10.0. The summed E-state index contributed by atoms with van der Waals surface area (Å²) in [6.07, 6.45) is 2.81. The molecule has 2 saturated heterocycles. The maximum absolute atomic E-state index is 13.0. The zero-order valence-corrected chi connectivity index (χ0v) is 17.4. The van der Waals surface area contributed by atoms with Crippen molar-refractivity contribution in [2.24, 2.45) is 0 Å². The summed E-state index contributed by atoms with van der Waals surface area (Å²) < 4.78 is 1.37. The Balaban J connectivity index is 1.41. The Morgan fingerprint density at radius 1 is 1.15 bits per heavy atom. The van der Waals surface area contributed by atoms with Gasteiger partial charge < -0.3 is 14.9 Å². The molecule has 4 amide bonds. The number of carboxylic acid groups (broad SMARTS) is 1. The lowest BCUT2D eigenvalue weighted by molar-refractivity contribution is -0.141. The summed E-state index contributed by atoms with van der Waals surface area (Å²) in [5, 5.41) is 19.6. The number of aliphatic carboxylic acids is 1. The van der Waals surface area contributed by atoms with Crippen molar-refractivity contribution in [3.05, 3.63) is 41.2 Å². The summed E-state index contributed by atoms with van der Waals surface area (Å²) >= 11 is 0. The Morgan fingerprint density at radius 2 is 1.97 bits per heavy atom. The van der Waals surface area contributed by atoms with Crippen molar-refractivity contribution in [1.29, 1.82) is 0 Å². The van der Waals surface area contributed by atoms with E-state index in [2.05, 4.69) is 15.6 Å². The normalized spacial score (nSPS) is 22.5. The van der Waals surface area contributed by atoms with Gasteiger partial charge in [0.05, 0.1) is 11.9 Å². The number of aromatic nitrogens is 3. The lowest BCUT2D eigenvalue weighted by Crippen LogP contribution is -2.52. The van der Waals surface area contributed by atoms with E-state index in [1.807, 2.05) is 0 Å².